The van der Waals surface area contributed by atoms with E-state index in [4.69, 9.17) is 12.2 Å². The SMILES string of the molecule is C=C(C)N1CCNC1=S. The molecule has 2 nitrogen and oxygen atoms in total. The molecule has 0 spiro atoms. The molecule has 0 amide bonds. The fourth-order valence-corrected chi connectivity index (χ4v) is 1.19. The molecule has 50 valence electrons. The van der Waals surface area contributed by atoms with Crippen LogP contribution in [0.5, 0.6) is 0 Å². The molecular weight excluding hydrogens is 132 g/mol. The predicted octanol–water partition coefficient (Wildman–Crippen LogP) is 0.710. The molecule has 1 N–H and O–H groups in total. The Labute approximate surface area is 60.5 Å². The van der Waals surface area contributed by atoms with Gasteiger partial charge in [-0.05, 0) is 19.1 Å². The Kier molecular flexibility index (Phi) is 1.71. The van der Waals surface area contributed by atoms with Crippen molar-refractivity contribution in [2.24, 2.45) is 0 Å². The van der Waals surface area contributed by atoms with Crippen molar-refractivity contribution in [3.8, 4) is 0 Å². The van der Waals surface area contributed by atoms with Crippen molar-refractivity contribution in [2.75, 3.05) is 13.1 Å². The summed E-state index contributed by atoms with van der Waals surface area (Å²) in [6.07, 6.45) is 0. The molecule has 0 bridgehead atoms. The van der Waals surface area contributed by atoms with Crippen LogP contribution >= 0.6 is 12.2 Å². The Hall–Kier alpha value is -0.570. The van der Waals surface area contributed by atoms with Crippen LogP contribution in [0.2, 0.25) is 0 Å². The summed E-state index contributed by atoms with van der Waals surface area (Å²) in [6.45, 7) is 7.66. The lowest BCUT2D eigenvalue weighted by molar-refractivity contribution is 0.580. The van der Waals surface area contributed by atoms with E-state index < -0.39 is 0 Å². The summed E-state index contributed by atoms with van der Waals surface area (Å²) in [5, 5.41) is 3.86. The van der Waals surface area contributed by atoms with Crippen molar-refractivity contribution in [1.82, 2.24) is 10.2 Å². The second kappa shape index (κ2) is 2.35. The van der Waals surface area contributed by atoms with Gasteiger partial charge in [-0.15, -0.1) is 0 Å². The van der Waals surface area contributed by atoms with Crippen molar-refractivity contribution >= 4 is 17.3 Å². The van der Waals surface area contributed by atoms with Crippen LogP contribution in [-0.4, -0.2) is 23.1 Å². The van der Waals surface area contributed by atoms with Crippen molar-refractivity contribution in [3.05, 3.63) is 12.3 Å². The van der Waals surface area contributed by atoms with E-state index in [0.29, 0.717) is 0 Å². The van der Waals surface area contributed by atoms with Gasteiger partial charge in [-0.2, -0.15) is 0 Å². The molecule has 1 saturated heterocycles. The fourth-order valence-electron chi connectivity index (χ4n) is 0.836. The van der Waals surface area contributed by atoms with Crippen LogP contribution in [0.3, 0.4) is 0 Å². The molecule has 1 aliphatic heterocycles. The van der Waals surface area contributed by atoms with Gasteiger partial charge in [0.15, 0.2) is 5.11 Å². The summed E-state index contributed by atoms with van der Waals surface area (Å²) in [6, 6.07) is 0. The Morgan fingerprint density at radius 3 is 2.78 bits per heavy atom. The maximum Gasteiger partial charge on any atom is 0.173 e. The van der Waals surface area contributed by atoms with Gasteiger partial charge in [-0.1, -0.05) is 6.58 Å². The van der Waals surface area contributed by atoms with Gasteiger partial charge in [0.25, 0.3) is 0 Å². The van der Waals surface area contributed by atoms with E-state index in [0.717, 1.165) is 23.9 Å². The number of hydrogen-bond acceptors (Lipinski definition) is 1. The average Bonchev–Trinajstić information content (AvgIpc) is 2.13. The fraction of sp³-hybridized carbons (Fsp3) is 0.500. The minimum atomic E-state index is 0.808. The van der Waals surface area contributed by atoms with Crippen LogP contribution in [-0.2, 0) is 0 Å². The van der Waals surface area contributed by atoms with Crippen LogP contribution in [0.1, 0.15) is 6.92 Å². The van der Waals surface area contributed by atoms with Gasteiger partial charge in [-0.3, -0.25) is 0 Å². The lowest BCUT2D eigenvalue weighted by atomic mass is 10.5. The minimum absolute atomic E-state index is 0.808. The zero-order valence-corrected chi connectivity index (χ0v) is 6.29. The van der Waals surface area contributed by atoms with Gasteiger partial charge < -0.3 is 10.2 Å². The zero-order valence-electron chi connectivity index (χ0n) is 5.48. The number of nitrogens with one attached hydrogen (secondary N) is 1. The highest BCUT2D eigenvalue weighted by molar-refractivity contribution is 7.80. The van der Waals surface area contributed by atoms with Crippen LogP contribution in [0, 0.1) is 0 Å². The summed E-state index contributed by atoms with van der Waals surface area (Å²) in [5.41, 5.74) is 1.02. The first-order chi connectivity index (χ1) is 4.22. The lowest BCUT2D eigenvalue weighted by Crippen LogP contribution is -2.25. The number of allylic oxidation sites excluding steroid dienone is 1. The van der Waals surface area contributed by atoms with Crippen molar-refractivity contribution in [2.45, 2.75) is 6.92 Å². The smallest absolute Gasteiger partial charge is 0.173 e. The Balaban J connectivity index is 2.60. The topological polar surface area (TPSA) is 15.3 Å². The van der Waals surface area contributed by atoms with E-state index in [-0.39, 0.29) is 0 Å². The second-order valence-electron chi connectivity index (χ2n) is 2.12. The molecule has 0 saturated carbocycles. The summed E-state index contributed by atoms with van der Waals surface area (Å²) >= 11 is 4.97. The molecule has 1 heterocycles. The number of hydrogen-bond donors (Lipinski definition) is 1. The Morgan fingerprint density at radius 2 is 2.56 bits per heavy atom. The van der Waals surface area contributed by atoms with Gasteiger partial charge in [0.1, 0.15) is 0 Å². The monoisotopic (exact) mass is 142 g/mol. The zero-order chi connectivity index (χ0) is 6.85. The molecule has 0 aromatic rings. The molecule has 0 aliphatic carbocycles. The molecule has 1 rings (SSSR count). The first kappa shape index (κ1) is 6.55. The van der Waals surface area contributed by atoms with Crippen molar-refractivity contribution in [3.63, 3.8) is 0 Å². The van der Waals surface area contributed by atoms with E-state index in [1.54, 1.807) is 0 Å². The van der Waals surface area contributed by atoms with E-state index in [9.17, 15) is 0 Å². The van der Waals surface area contributed by atoms with Crippen molar-refractivity contribution in [1.29, 1.82) is 0 Å². The lowest BCUT2D eigenvalue weighted by Gasteiger charge is -2.14. The molecule has 0 atom stereocenters. The van der Waals surface area contributed by atoms with Gasteiger partial charge in [0.05, 0.1) is 0 Å². The van der Waals surface area contributed by atoms with Gasteiger partial charge >= 0.3 is 0 Å². The number of rotatable bonds is 1. The molecule has 1 fully saturated rings. The van der Waals surface area contributed by atoms with E-state index in [1.807, 2.05) is 11.8 Å². The average molecular weight is 142 g/mol. The third kappa shape index (κ3) is 1.21. The summed E-state index contributed by atoms with van der Waals surface area (Å²) in [5.74, 6) is 0. The predicted molar refractivity (Wildman–Crippen MR) is 42.1 cm³/mol. The molecule has 0 aromatic carbocycles. The van der Waals surface area contributed by atoms with Crippen LogP contribution in [0.15, 0.2) is 12.3 Å². The highest BCUT2D eigenvalue weighted by Crippen LogP contribution is 2.04. The van der Waals surface area contributed by atoms with Crippen molar-refractivity contribution < 1.29 is 0 Å². The largest absolute Gasteiger partial charge is 0.360 e. The molecule has 0 radical (unpaired) electrons. The minimum Gasteiger partial charge on any atom is -0.360 e. The third-order valence-corrected chi connectivity index (χ3v) is 1.68. The Morgan fingerprint density at radius 1 is 1.89 bits per heavy atom. The van der Waals surface area contributed by atoms with Crippen LogP contribution in [0.25, 0.3) is 0 Å². The van der Waals surface area contributed by atoms with Gasteiger partial charge in [-0.25, -0.2) is 0 Å². The van der Waals surface area contributed by atoms with Crippen LogP contribution < -0.4 is 5.32 Å². The normalized spacial score (nSPS) is 17.9. The van der Waals surface area contributed by atoms with E-state index >= 15 is 0 Å². The summed E-state index contributed by atoms with van der Waals surface area (Å²) in [7, 11) is 0. The second-order valence-corrected chi connectivity index (χ2v) is 2.51. The first-order valence-electron chi connectivity index (χ1n) is 2.92. The highest BCUT2D eigenvalue weighted by atomic mass is 32.1. The first-order valence-corrected chi connectivity index (χ1v) is 3.33. The molecular formula is C6H10N2S. The quantitative estimate of drug-likeness (QED) is 0.543. The molecule has 3 heteroatoms. The summed E-state index contributed by atoms with van der Waals surface area (Å²) < 4.78 is 0. The molecule has 1 aliphatic rings. The highest BCUT2D eigenvalue weighted by Gasteiger charge is 2.14. The molecule has 0 aromatic heterocycles. The standard InChI is InChI=1S/C6H10N2S/c1-5(2)8-4-3-7-6(8)9/h1,3-4H2,2H3,(H,7,9). The van der Waals surface area contributed by atoms with E-state index in [2.05, 4.69) is 11.9 Å². The van der Waals surface area contributed by atoms with Crippen LogP contribution in [0.4, 0.5) is 0 Å². The van der Waals surface area contributed by atoms with Gasteiger partial charge in [0, 0.05) is 18.8 Å². The molecule has 0 unspecified atom stereocenters. The maximum absolute atomic E-state index is 4.97. The van der Waals surface area contributed by atoms with Gasteiger partial charge in [0.2, 0.25) is 0 Å². The summed E-state index contributed by atoms with van der Waals surface area (Å²) in [4.78, 5) is 2.00. The molecule has 9 heavy (non-hydrogen) atoms. The maximum atomic E-state index is 4.97. The Bertz CT molecular complexity index is 153. The number of thiocarbonyl (C=S) groups is 1. The number of nitrogens with zero attached hydrogens (tertiary/aromatic N) is 1. The third-order valence-electron chi connectivity index (χ3n) is 1.32. The van der Waals surface area contributed by atoms with E-state index in [1.165, 1.54) is 0 Å².